The van der Waals surface area contributed by atoms with Crippen LogP contribution in [0.2, 0.25) is 0 Å². The molecule has 154 valence electrons. The molecule has 2 aromatic carbocycles. The zero-order chi connectivity index (χ0) is 21.4. The number of hydrogen-bond donors (Lipinski definition) is 0. The lowest BCUT2D eigenvalue weighted by Gasteiger charge is -2.30. The highest BCUT2D eigenvalue weighted by Gasteiger charge is 2.48. The summed E-state index contributed by atoms with van der Waals surface area (Å²) in [5, 5.41) is 0. The van der Waals surface area contributed by atoms with Gasteiger partial charge in [-0.1, -0.05) is 30.3 Å². The highest BCUT2D eigenvalue weighted by molar-refractivity contribution is 6.30. The van der Waals surface area contributed by atoms with E-state index in [9.17, 15) is 14.4 Å². The lowest BCUT2D eigenvalue weighted by atomic mass is 9.76. The second kappa shape index (κ2) is 6.04. The predicted molar refractivity (Wildman–Crippen MR) is 112 cm³/mol. The van der Waals surface area contributed by atoms with E-state index in [0.29, 0.717) is 28.3 Å². The van der Waals surface area contributed by atoms with Gasteiger partial charge in [0.2, 0.25) is 6.79 Å². The third-order valence-corrected chi connectivity index (χ3v) is 6.34. The van der Waals surface area contributed by atoms with E-state index in [1.54, 1.807) is 25.2 Å². The molecule has 0 spiro atoms. The Bertz CT molecular complexity index is 1460. The Balaban J connectivity index is 1.70. The Labute approximate surface area is 176 Å². The summed E-state index contributed by atoms with van der Waals surface area (Å²) in [6, 6.07) is 12.7. The van der Waals surface area contributed by atoms with Gasteiger partial charge >= 0.3 is 5.69 Å². The van der Waals surface area contributed by atoms with Crippen LogP contribution >= 0.6 is 0 Å². The summed E-state index contributed by atoms with van der Waals surface area (Å²) in [5.41, 5.74) is 2.05. The first-order valence-corrected chi connectivity index (χ1v) is 9.89. The standard InChI is InChI=1S/C23H17N3O5/c1-25-21-18(22(28)26(2)23(25)29)16(11-7-8-14-15(9-11)31-10-30-14)17-19(24-21)12-5-3-4-6-13(12)20(17)27/h3-9,16-17H,10H2,1-2H3/t16-,17+/m1/s1. The van der Waals surface area contributed by atoms with Crippen LogP contribution in [0.3, 0.4) is 0 Å². The van der Waals surface area contributed by atoms with Gasteiger partial charge in [0, 0.05) is 31.1 Å². The number of rotatable bonds is 1. The number of benzene rings is 2. The number of hydrogen-bond acceptors (Lipinski definition) is 6. The van der Waals surface area contributed by atoms with Crippen molar-refractivity contribution in [2.75, 3.05) is 6.79 Å². The minimum atomic E-state index is -0.657. The number of carbonyl (C=O) groups is 1. The van der Waals surface area contributed by atoms with Crippen LogP contribution in [0.5, 0.6) is 11.5 Å². The Morgan fingerprint density at radius 2 is 1.65 bits per heavy atom. The maximum atomic E-state index is 13.5. The monoisotopic (exact) mass is 415 g/mol. The van der Waals surface area contributed by atoms with E-state index in [4.69, 9.17) is 14.5 Å². The topological polar surface area (TPSA) is 91.9 Å². The predicted octanol–water partition coefficient (Wildman–Crippen LogP) is 1.89. The number of carbonyl (C=O) groups excluding carboxylic acids is 1. The first kappa shape index (κ1) is 17.9. The third kappa shape index (κ3) is 2.24. The first-order chi connectivity index (χ1) is 15.0. The molecule has 8 nitrogen and oxygen atoms in total. The number of Topliss-reactive ketones (excluding diaryl/α,β-unsaturated/α-hetero) is 1. The average Bonchev–Trinajstić information content (AvgIpc) is 3.37. The molecule has 31 heavy (non-hydrogen) atoms. The SMILES string of the molecule is Cn1c2c(c(=O)n(C)c1=O)[C@H](c1ccc3c(c1)OCO3)[C@@H]1C(=O)c3ccccc3C1=N2. The second-order valence-electron chi connectivity index (χ2n) is 7.92. The molecule has 3 aromatic rings. The maximum Gasteiger partial charge on any atom is 0.332 e. The molecule has 1 aromatic heterocycles. The van der Waals surface area contributed by atoms with E-state index in [1.165, 1.54) is 11.6 Å². The molecule has 0 radical (unpaired) electrons. The van der Waals surface area contributed by atoms with E-state index in [-0.39, 0.29) is 18.4 Å². The van der Waals surface area contributed by atoms with Gasteiger partial charge in [-0.3, -0.25) is 18.7 Å². The second-order valence-corrected chi connectivity index (χ2v) is 7.92. The molecule has 0 saturated heterocycles. The molecule has 8 heteroatoms. The van der Waals surface area contributed by atoms with Crippen LogP contribution in [0.25, 0.3) is 0 Å². The lowest BCUT2D eigenvalue weighted by Crippen LogP contribution is -2.43. The average molecular weight is 415 g/mol. The zero-order valence-electron chi connectivity index (χ0n) is 16.8. The quantitative estimate of drug-likeness (QED) is 0.605. The number of fused-ring (bicyclic) bond motifs is 5. The van der Waals surface area contributed by atoms with Gasteiger partial charge in [-0.05, 0) is 17.7 Å². The third-order valence-electron chi connectivity index (χ3n) is 6.34. The van der Waals surface area contributed by atoms with Gasteiger partial charge in [-0.15, -0.1) is 0 Å². The zero-order valence-corrected chi connectivity index (χ0v) is 16.8. The van der Waals surface area contributed by atoms with E-state index in [0.717, 1.165) is 15.7 Å². The molecule has 6 rings (SSSR count). The molecule has 2 atom stereocenters. The minimum Gasteiger partial charge on any atom is -0.454 e. The fraction of sp³-hybridized carbons (Fsp3) is 0.217. The van der Waals surface area contributed by atoms with Crippen molar-refractivity contribution >= 4 is 17.3 Å². The highest BCUT2D eigenvalue weighted by Crippen LogP contribution is 2.48. The van der Waals surface area contributed by atoms with Crippen LogP contribution in [-0.2, 0) is 14.1 Å². The van der Waals surface area contributed by atoms with Crippen molar-refractivity contribution in [3.05, 3.63) is 85.6 Å². The molecule has 0 N–H and O–H groups in total. The molecule has 1 aliphatic carbocycles. The van der Waals surface area contributed by atoms with Gasteiger partial charge in [-0.25, -0.2) is 9.79 Å². The largest absolute Gasteiger partial charge is 0.454 e. The minimum absolute atomic E-state index is 0.0847. The van der Waals surface area contributed by atoms with Crippen molar-refractivity contribution in [2.24, 2.45) is 25.0 Å². The summed E-state index contributed by atoms with van der Waals surface area (Å²) in [5.74, 6) is 0.110. The summed E-state index contributed by atoms with van der Waals surface area (Å²) in [6.07, 6.45) is 0. The van der Waals surface area contributed by atoms with Gasteiger partial charge in [0.05, 0.1) is 17.2 Å². The molecule has 3 heterocycles. The summed E-state index contributed by atoms with van der Waals surface area (Å²) in [6.45, 7) is 0.122. The smallest absolute Gasteiger partial charge is 0.332 e. The van der Waals surface area contributed by atoms with Crippen molar-refractivity contribution in [1.82, 2.24) is 9.13 Å². The van der Waals surface area contributed by atoms with Crippen LogP contribution in [-0.4, -0.2) is 27.4 Å². The molecule has 0 unspecified atom stereocenters. The highest BCUT2D eigenvalue weighted by atomic mass is 16.7. The molecule has 0 saturated carbocycles. The van der Waals surface area contributed by atoms with E-state index in [1.807, 2.05) is 24.3 Å². The normalized spacial score (nSPS) is 20.2. The fourth-order valence-electron chi connectivity index (χ4n) is 4.83. The van der Waals surface area contributed by atoms with Crippen molar-refractivity contribution in [2.45, 2.75) is 5.92 Å². The van der Waals surface area contributed by atoms with Gasteiger partial charge in [0.25, 0.3) is 5.56 Å². The summed E-state index contributed by atoms with van der Waals surface area (Å²) >= 11 is 0. The molecule has 0 fully saturated rings. The molecule has 0 bridgehead atoms. The van der Waals surface area contributed by atoms with Crippen LogP contribution in [0, 0.1) is 5.92 Å². The summed E-state index contributed by atoms with van der Waals surface area (Å²) < 4.78 is 13.4. The number of nitrogens with zero attached hydrogens (tertiary/aromatic N) is 3. The van der Waals surface area contributed by atoms with Crippen LogP contribution in [0.4, 0.5) is 5.82 Å². The van der Waals surface area contributed by atoms with Gasteiger partial charge < -0.3 is 9.47 Å². The van der Waals surface area contributed by atoms with Crippen molar-refractivity contribution in [1.29, 1.82) is 0 Å². The molecule has 3 aliphatic rings. The molecular weight excluding hydrogens is 398 g/mol. The van der Waals surface area contributed by atoms with Gasteiger partial charge in [-0.2, -0.15) is 0 Å². The van der Waals surface area contributed by atoms with Gasteiger partial charge in [0.15, 0.2) is 17.3 Å². The number of ketones is 1. The van der Waals surface area contributed by atoms with Crippen LogP contribution in [0.1, 0.15) is 33.0 Å². The van der Waals surface area contributed by atoms with Crippen molar-refractivity contribution < 1.29 is 14.3 Å². The number of aliphatic imine (C=N–C) groups is 1. The van der Waals surface area contributed by atoms with Crippen LogP contribution < -0.4 is 20.7 Å². The Morgan fingerprint density at radius 1 is 0.903 bits per heavy atom. The van der Waals surface area contributed by atoms with Crippen molar-refractivity contribution in [3.8, 4) is 11.5 Å². The molecule has 2 aliphatic heterocycles. The van der Waals surface area contributed by atoms with E-state index < -0.39 is 23.1 Å². The van der Waals surface area contributed by atoms with Gasteiger partial charge in [0.1, 0.15) is 5.82 Å². The lowest BCUT2D eigenvalue weighted by molar-refractivity contribution is 0.0953. The summed E-state index contributed by atoms with van der Waals surface area (Å²) in [7, 11) is 3.02. The fourth-order valence-corrected chi connectivity index (χ4v) is 4.83. The van der Waals surface area contributed by atoms with E-state index >= 15 is 0 Å². The Morgan fingerprint density at radius 3 is 2.45 bits per heavy atom. The molecular formula is C23H17N3O5. The summed E-state index contributed by atoms with van der Waals surface area (Å²) in [4.78, 5) is 44.1. The Hall–Kier alpha value is -3.94. The van der Waals surface area contributed by atoms with E-state index in [2.05, 4.69) is 0 Å². The number of aromatic nitrogens is 2. The van der Waals surface area contributed by atoms with Crippen LogP contribution in [0.15, 0.2) is 57.0 Å². The number of ether oxygens (including phenoxy) is 2. The maximum absolute atomic E-state index is 13.5. The first-order valence-electron chi connectivity index (χ1n) is 9.89. The Kier molecular flexibility index (Phi) is 3.48. The molecule has 0 amide bonds. The van der Waals surface area contributed by atoms with Crippen molar-refractivity contribution in [3.63, 3.8) is 0 Å².